The van der Waals surface area contributed by atoms with Crippen molar-refractivity contribution in [3.05, 3.63) is 22.7 Å². The molecule has 1 heterocycles. The van der Waals surface area contributed by atoms with Gasteiger partial charge in [-0.3, -0.25) is 4.79 Å². The molecule has 0 bridgehead atoms. The highest BCUT2D eigenvalue weighted by Crippen LogP contribution is 2.37. The van der Waals surface area contributed by atoms with E-state index in [4.69, 9.17) is 35.5 Å². The average Bonchev–Trinajstić information content (AvgIpc) is 2.71. The van der Waals surface area contributed by atoms with Gasteiger partial charge in [-0.1, -0.05) is 11.6 Å². The molecule has 25 heavy (non-hydrogen) atoms. The van der Waals surface area contributed by atoms with Crippen molar-refractivity contribution in [2.45, 2.75) is 51.7 Å². The zero-order valence-electron chi connectivity index (χ0n) is 15.2. The molecular weight excluding hydrogens is 346 g/mol. The first-order valence-corrected chi connectivity index (χ1v) is 8.46. The fraction of sp³-hybridized carbons (Fsp3) is 0.588. The van der Waals surface area contributed by atoms with Gasteiger partial charge in [-0.2, -0.15) is 0 Å². The lowest BCUT2D eigenvalue weighted by Crippen LogP contribution is -2.41. The van der Waals surface area contributed by atoms with Crippen molar-refractivity contribution in [2.24, 2.45) is 0 Å². The molecule has 0 amide bonds. The van der Waals surface area contributed by atoms with Crippen LogP contribution < -0.4 is 10.2 Å². The average molecular weight is 371 g/mol. The minimum atomic E-state index is -0.893. The predicted octanol–water partition coefficient (Wildman–Crippen LogP) is 2.64. The summed E-state index contributed by atoms with van der Waals surface area (Å²) in [7, 11) is 0.871. The molecule has 6 nitrogen and oxygen atoms in total. The van der Waals surface area contributed by atoms with Crippen LogP contribution in [0.25, 0.3) is 0 Å². The van der Waals surface area contributed by atoms with Crippen molar-refractivity contribution in [3.63, 3.8) is 0 Å². The zero-order chi connectivity index (χ0) is 18.8. The number of benzene rings is 1. The molecule has 0 spiro atoms. The molecule has 0 aromatic heterocycles. The number of carboxylic acid groups (broad SMARTS) is 1. The number of hydrogen-bond donors (Lipinski definition) is 1. The monoisotopic (exact) mass is 370 g/mol. The number of hydrogen-bond acceptors (Lipinski definition) is 5. The van der Waals surface area contributed by atoms with Crippen LogP contribution in [0.15, 0.2) is 12.1 Å². The molecule has 1 saturated heterocycles. The molecular formula is C17H24BClO6. The summed E-state index contributed by atoms with van der Waals surface area (Å²) < 4.78 is 22.6. The van der Waals surface area contributed by atoms with Crippen LogP contribution in [0.5, 0.6) is 5.75 Å². The number of rotatable bonds is 7. The first kappa shape index (κ1) is 20.0. The zero-order valence-corrected chi connectivity index (χ0v) is 16.0. The van der Waals surface area contributed by atoms with Gasteiger partial charge in [-0.15, -0.1) is 0 Å². The molecule has 1 N–H and O–H groups in total. The van der Waals surface area contributed by atoms with Gasteiger partial charge < -0.3 is 23.9 Å². The summed E-state index contributed by atoms with van der Waals surface area (Å²) in [6.45, 7) is 7.90. The lowest BCUT2D eigenvalue weighted by atomic mass is 9.75. The summed E-state index contributed by atoms with van der Waals surface area (Å²) in [5.74, 6) is -0.383. The molecule has 0 unspecified atom stereocenters. The molecule has 138 valence electrons. The minimum absolute atomic E-state index is 0.0372. The third-order valence-electron chi connectivity index (χ3n) is 4.64. The van der Waals surface area contributed by atoms with Crippen molar-refractivity contribution < 1.29 is 28.7 Å². The maximum atomic E-state index is 11.0. The molecule has 1 aromatic carbocycles. The van der Waals surface area contributed by atoms with Gasteiger partial charge in [0.05, 0.1) is 11.2 Å². The van der Waals surface area contributed by atoms with Gasteiger partial charge in [0, 0.05) is 18.6 Å². The van der Waals surface area contributed by atoms with Gasteiger partial charge >= 0.3 is 13.1 Å². The van der Waals surface area contributed by atoms with E-state index in [1.54, 1.807) is 12.1 Å². The number of ether oxygens (including phenoxy) is 2. The molecule has 1 aromatic rings. The highest BCUT2D eigenvalue weighted by molar-refractivity contribution is 6.63. The van der Waals surface area contributed by atoms with Crippen LogP contribution in [-0.2, 0) is 25.3 Å². The summed E-state index contributed by atoms with van der Waals surface area (Å²) in [5.41, 5.74) is 0.334. The smallest absolute Gasteiger partial charge is 0.481 e. The normalized spacial score (nSPS) is 18.4. The molecule has 1 aliphatic rings. The molecule has 0 radical (unpaired) electrons. The third-order valence-corrected chi connectivity index (χ3v) is 4.98. The standard InChI is InChI=1S/C17H24BClO6/c1-16(2)17(3,4)25-18(24-16)13-8-11(23-10-22-5)9-14(19)12(13)6-7-15(20)21/h8-9H,6-7,10H2,1-5H3,(H,20,21). The maximum Gasteiger partial charge on any atom is 0.495 e. The first-order valence-electron chi connectivity index (χ1n) is 8.09. The van der Waals surface area contributed by atoms with Crippen LogP contribution in [0.4, 0.5) is 0 Å². The molecule has 1 aliphatic heterocycles. The van der Waals surface area contributed by atoms with Crippen LogP contribution in [0.2, 0.25) is 5.02 Å². The number of carboxylic acids is 1. The Morgan fingerprint density at radius 2 is 1.84 bits per heavy atom. The summed E-state index contributed by atoms with van der Waals surface area (Å²) in [6.07, 6.45) is 0.239. The second-order valence-electron chi connectivity index (χ2n) is 7.01. The summed E-state index contributed by atoms with van der Waals surface area (Å²) in [4.78, 5) is 11.0. The molecule has 2 rings (SSSR count). The van der Waals surface area contributed by atoms with Crippen LogP contribution in [-0.4, -0.2) is 43.3 Å². The Kier molecular flexibility index (Phi) is 6.04. The molecule has 8 heteroatoms. The van der Waals surface area contributed by atoms with Gasteiger partial charge in [0.1, 0.15) is 5.75 Å². The first-order chi connectivity index (χ1) is 11.6. The highest BCUT2D eigenvalue weighted by Gasteiger charge is 2.52. The number of methoxy groups -OCH3 is 1. The summed E-state index contributed by atoms with van der Waals surface area (Å²) >= 11 is 6.39. The minimum Gasteiger partial charge on any atom is -0.481 e. The van der Waals surface area contributed by atoms with Crippen molar-refractivity contribution in [1.29, 1.82) is 0 Å². The van der Waals surface area contributed by atoms with Gasteiger partial charge in [0.2, 0.25) is 0 Å². The Balaban J connectivity index is 2.41. The van der Waals surface area contributed by atoms with Crippen LogP contribution in [0.1, 0.15) is 39.7 Å². The van der Waals surface area contributed by atoms with E-state index in [1.807, 2.05) is 27.7 Å². The van der Waals surface area contributed by atoms with Crippen LogP contribution in [0, 0.1) is 0 Å². The highest BCUT2D eigenvalue weighted by atomic mass is 35.5. The molecule has 1 fully saturated rings. The van der Waals surface area contributed by atoms with E-state index in [0.717, 1.165) is 0 Å². The second-order valence-corrected chi connectivity index (χ2v) is 7.41. The molecule has 0 saturated carbocycles. The van der Waals surface area contributed by atoms with Gasteiger partial charge in [0.15, 0.2) is 6.79 Å². The van der Waals surface area contributed by atoms with Crippen molar-refractivity contribution in [1.82, 2.24) is 0 Å². The van der Waals surface area contributed by atoms with E-state index in [0.29, 0.717) is 21.8 Å². The fourth-order valence-electron chi connectivity index (χ4n) is 2.52. The largest absolute Gasteiger partial charge is 0.495 e. The SMILES string of the molecule is COCOc1cc(Cl)c(CCC(=O)O)c(B2OC(C)(C)C(C)(C)O2)c1. The fourth-order valence-corrected chi connectivity index (χ4v) is 2.83. The lowest BCUT2D eigenvalue weighted by Gasteiger charge is -2.32. The second kappa shape index (κ2) is 7.54. The Morgan fingerprint density at radius 1 is 1.24 bits per heavy atom. The predicted molar refractivity (Wildman–Crippen MR) is 95.6 cm³/mol. The summed E-state index contributed by atoms with van der Waals surface area (Å²) in [6, 6.07) is 3.41. The Hall–Kier alpha value is -1.28. The van der Waals surface area contributed by atoms with E-state index >= 15 is 0 Å². The molecule has 0 atom stereocenters. The van der Waals surface area contributed by atoms with Crippen LogP contribution >= 0.6 is 11.6 Å². The number of aliphatic carboxylic acids is 1. The Labute approximate surface area is 153 Å². The molecule has 0 aliphatic carbocycles. The van der Waals surface area contributed by atoms with E-state index < -0.39 is 24.3 Å². The Morgan fingerprint density at radius 3 is 2.36 bits per heavy atom. The topological polar surface area (TPSA) is 74.2 Å². The maximum absolute atomic E-state index is 11.0. The third kappa shape index (κ3) is 4.47. The number of carbonyl (C=O) groups is 1. The van der Waals surface area contributed by atoms with Gasteiger partial charge in [0.25, 0.3) is 0 Å². The van der Waals surface area contributed by atoms with E-state index in [2.05, 4.69) is 0 Å². The quantitative estimate of drug-likeness (QED) is 0.587. The van der Waals surface area contributed by atoms with Gasteiger partial charge in [-0.05, 0) is 57.3 Å². The number of halogens is 1. The Bertz CT molecular complexity index is 630. The summed E-state index contributed by atoms with van der Waals surface area (Å²) in [5, 5.41) is 9.43. The van der Waals surface area contributed by atoms with E-state index in [-0.39, 0.29) is 19.6 Å². The van der Waals surface area contributed by atoms with E-state index in [1.165, 1.54) is 7.11 Å². The van der Waals surface area contributed by atoms with Crippen LogP contribution in [0.3, 0.4) is 0 Å². The van der Waals surface area contributed by atoms with E-state index in [9.17, 15) is 4.79 Å². The van der Waals surface area contributed by atoms with Crippen molar-refractivity contribution >= 4 is 30.2 Å². The lowest BCUT2D eigenvalue weighted by molar-refractivity contribution is -0.136. The van der Waals surface area contributed by atoms with Crippen molar-refractivity contribution in [3.8, 4) is 5.75 Å². The van der Waals surface area contributed by atoms with Crippen molar-refractivity contribution in [2.75, 3.05) is 13.9 Å². The van der Waals surface area contributed by atoms with Gasteiger partial charge in [-0.25, -0.2) is 0 Å².